The van der Waals surface area contributed by atoms with Crippen LogP contribution >= 0.6 is 0 Å². The van der Waals surface area contributed by atoms with Crippen molar-refractivity contribution in [2.45, 2.75) is 38.4 Å². The lowest BCUT2D eigenvalue weighted by Gasteiger charge is -2.29. The van der Waals surface area contributed by atoms with E-state index < -0.39 is 6.04 Å². The Morgan fingerprint density at radius 3 is 2.76 bits per heavy atom. The number of hydrogen-bond acceptors (Lipinski definition) is 6. The fraction of sp³-hybridized carbons (Fsp3) is 0.571. The lowest BCUT2D eigenvalue weighted by atomic mass is 10.0. The predicted octanol–water partition coefficient (Wildman–Crippen LogP) is -0.167. The number of amides is 3. The average Bonchev–Trinajstić information content (AvgIpc) is 3.06. The first-order valence-electron chi connectivity index (χ1n) is 10.5. The summed E-state index contributed by atoms with van der Waals surface area (Å²) in [5.41, 5.74) is 2.65. The van der Waals surface area contributed by atoms with Gasteiger partial charge >= 0.3 is 0 Å². The highest BCUT2D eigenvalue weighted by Crippen LogP contribution is 2.29. The molecule has 1 unspecified atom stereocenters. The van der Waals surface area contributed by atoms with E-state index in [0.29, 0.717) is 25.1 Å². The van der Waals surface area contributed by atoms with Crippen LogP contribution in [0.15, 0.2) is 18.2 Å². The zero-order valence-electron chi connectivity index (χ0n) is 16.7. The molecule has 8 heteroatoms. The number of imide groups is 1. The Hall–Kier alpha value is -2.29. The van der Waals surface area contributed by atoms with Gasteiger partial charge in [0.15, 0.2) is 0 Å². The summed E-state index contributed by atoms with van der Waals surface area (Å²) in [5.74, 6) is -0.733. The molecule has 3 N–H and O–H groups in total. The molecule has 29 heavy (non-hydrogen) atoms. The minimum absolute atomic E-state index is 0.104. The van der Waals surface area contributed by atoms with E-state index in [-0.39, 0.29) is 24.1 Å². The molecular weight excluding hydrogens is 370 g/mol. The van der Waals surface area contributed by atoms with E-state index in [9.17, 15) is 14.4 Å². The number of fused-ring (bicyclic) bond motifs is 1. The summed E-state index contributed by atoms with van der Waals surface area (Å²) < 4.78 is 0. The molecule has 3 heterocycles. The molecule has 3 amide bonds. The highest BCUT2D eigenvalue weighted by Gasteiger charge is 2.39. The largest absolute Gasteiger partial charge is 0.322 e. The quantitative estimate of drug-likeness (QED) is 0.436. The second-order valence-corrected chi connectivity index (χ2v) is 7.97. The van der Waals surface area contributed by atoms with Crippen LogP contribution in [0, 0.1) is 0 Å². The molecular formula is C21H29N5O3. The molecule has 3 aliphatic rings. The third-order valence-electron chi connectivity index (χ3n) is 5.99. The predicted molar refractivity (Wildman–Crippen MR) is 108 cm³/mol. The van der Waals surface area contributed by atoms with Crippen LogP contribution in [-0.2, 0) is 22.7 Å². The summed E-state index contributed by atoms with van der Waals surface area (Å²) in [5, 5.41) is 9.18. The van der Waals surface area contributed by atoms with Gasteiger partial charge in [-0.25, -0.2) is 0 Å². The number of carbonyl (C=O) groups excluding carboxylic acids is 3. The Morgan fingerprint density at radius 1 is 1.14 bits per heavy atom. The van der Waals surface area contributed by atoms with Gasteiger partial charge in [0.2, 0.25) is 11.8 Å². The molecule has 0 bridgehead atoms. The molecule has 156 valence electrons. The van der Waals surface area contributed by atoms with Crippen LogP contribution in [0.25, 0.3) is 0 Å². The van der Waals surface area contributed by atoms with Gasteiger partial charge < -0.3 is 20.4 Å². The SMILES string of the molecule is O=C1CCC(N2Cc3cccc(CNCCCN4CCNCC4)c3C2=O)C(=O)N1. The average molecular weight is 399 g/mol. The van der Waals surface area contributed by atoms with Crippen LogP contribution < -0.4 is 16.0 Å². The summed E-state index contributed by atoms with van der Waals surface area (Å²) in [6, 6.07) is 5.34. The Bertz CT molecular complexity index is 791. The smallest absolute Gasteiger partial charge is 0.255 e. The van der Waals surface area contributed by atoms with Crippen molar-refractivity contribution in [2.24, 2.45) is 0 Å². The maximum atomic E-state index is 13.1. The van der Waals surface area contributed by atoms with Gasteiger partial charge in [-0.3, -0.25) is 19.7 Å². The second-order valence-electron chi connectivity index (χ2n) is 7.97. The first-order chi connectivity index (χ1) is 14.1. The van der Waals surface area contributed by atoms with E-state index in [4.69, 9.17) is 0 Å². The third kappa shape index (κ3) is 4.49. The van der Waals surface area contributed by atoms with E-state index in [1.54, 1.807) is 4.90 Å². The van der Waals surface area contributed by atoms with Gasteiger partial charge in [0, 0.05) is 51.3 Å². The van der Waals surface area contributed by atoms with Gasteiger partial charge in [-0.2, -0.15) is 0 Å². The number of rotatable bonds is 7. The van der Waals surface area contributed by atoms with Gasteiger partial charge in [-0.05, 0) is 37.1 Å². The summed E-state index contributed by atoms with van der Waals surface area (Å²) in [4.78, 5) is 40.8. The van der Waals surface area contributed by atoms with Gasteiger partial charge in [0.05, 0.1) is 0 Å². The maximum absolute atomic E-state index is 13.1. The lowest BCUT2D eigenvalue weighted by Crippen LogP contribution is -2.52. The normalized spacial score (nSPS) is 22.7. The Kier molecular flexibility index (Phi) is 6.22. The van der Waals surface area contributed by atoms with Gasteiger partial charge in [-0.15, -0.1) is 0 Å². The highest BCUT2D eigenvalue weighted by molar-refractivity contribution is 6.05. The Labute approximate surface area is 171 Å². The first kappa shape index (κ1) is 20.0. The minimum atomic E-state index is -0.563. The maximum Gasteiger partial charge on any atom is 0.255 e. The topological polar surface area (TPSA) is 93.8 Å². The molecule has 2 saturated heterocycles. The number of benzene rings is 1. The summed E-state index contributed by atoms with van der Waals surface area (Å²) in [6.45, 7) is 7.40. The van der Waals surface area contributed by atoms with Crippen molar-refractivity contribution < 1.29 is 14.4 Å². The molecule has 1 aromatic carbocycles. The van der Waals surface area contributed by atoms with Crippen LogP contribution in [0.4, 0.5) is 0 Å². The van der Waals surface area contributed by atoms with Crippen molar-refractivity contribution in [2.75, 3.05) is 39.3 Å². The van der Waals surface area contributed by atoms with E-state index >= 15 is 0 Å². The number of piperazine rings is 1. The summed E-state index contributed by atoms with van der Waals surface area (Å²) >= 11 is 0. The number of piperidine rings is 1. The number of carbonyl (C=O) groups is 3. The lowest BCUT2D eigenvalue weighted by molar-refractivity contribution is -0.136. The fourth-order valence-corrected chi connectivity index (χ4v) is 4.42. The monoisotopic (exact) mass is 399 g/mol. The van der Waals surface area contributed by atoms with Crippen molar-refractivity contribution in [3.05, 3.63) is 34.9 Å². The van der Waals surface area contributed by atoms with E-state index in [2.05, 4.69) is 20.9 Å². The number of nitrogens with zero attached hydrogens (tertiary/aromatic N) is 2. The molecule has 2 fully saturated rings. The van der Waals surface area contributed by atoms with Gasteiger partial charge in [0.25, 0.3) is 5.91 Å². The number of hydrogen-bond donors (Lipinski definition) is 3. The van der Waals surface area contributed by atoms with Crippen molar-refractivity contribution in [3.8, 4) is 0 Å². The van der Waals surface area contributed by atoms with E-state index in [1.165, 1.54) is 0 Å². The van der Waals surface area contributed by atoms with E-state index in [1.807, 2.05) is 18.2 Å². The minimum Gasteiger partial charge on any atom is -0.322 e. The second kappa shape index (κ2) is 9.02. The third-order valence-corrected chi connectivity index (χ3v) is 5.99. The molecule has 8 nitrogen and oxygen atoms in total. The van der Waals surface area contributed by atoms with Crippen molar-refractivity contribution in [1.29, 1.82) is 0 Å². The molecule has 0 radical (unpaired) electrons. The Morgan fingerprint density at radius 2 is 1.97 bits per heavy atom. The van der Waals surface area contributed by atoms with Crippen LogP contribution in [0.2, 0.25) is 0 Å². The van der Waals surface area contributed by atoms with Gasteiger partial charge in [-0.1, -0.05) is 18.2 Å². The molecule has 3 aliphatic heterocycles. The van der Waals surface area contributed by atoms with Crippen molar-refractivity contribution in [1.82, 2.24) is 25.8 Å². The van der Waals surface area contributed by atoms with Crippen LogP contribution in [-0.4, -0.2) is 72.8 Å². The van der Waals surface area contributed by atoms with Crippen molar-refractivity contribution in [3.63, 3.8) is 0 Å². The molecule has 0 aromatic heterocycles. The van der Waals surface area contributed by atoms with Crippen LogP contribution in [0.1, 0.15) is 40.7 Å². The molecule has 0 spiro atoms. The molecule has 0 saturated carbocycles. The molecule has 1 atom stereocenters. The highest BCUT2D eigenvalue weighted by atomic mass is 16.2. The zero-order chi connectivity index (χ0) is 20.2. The first-order valence-corrected chi connectivity index (χ1v) is 10.5. The Balaban J connectivity index is 1.32. The fourth-order valence-electron chi connectivity index (χ4n) is 4.42. The van der Waals surface area contributed by atoms with Crippen molar-refractivity contribution >= 4 is 17.7 Å². The van der Waals surface area contributed by atoms with Crippen LogP contribution in [0.3, 0.4) is 0 Å². The molecule has 1 aromatic rings. The molecule has 0 aliphatic carbocycles. The summed E-state index contributed by atoms with van der Waals surface area (Å²) in [7, 11) is 0. The zero-order valence-corrected chi connectivity index (χ0v) is 16.7. The standard InChI is InChI=1S/C21H29N5O3/c27-18-6-5-17(20(28)24-18)26-14-16-4-1-3-15(19(16)21(26)29)13-23-7-2-10-25-11-8-22-9-12-25/h1,3-4,17,22-23H,2,5-14H2,(H,24,27,28). The van der Waals surface area contributed by atoms with E-state index in [0.717, 1.165) is 56.8 Å². The van der Waals surface area contributed by atoms with Gasteiger partial charge in [0.1, 0.15) is 6.04 Å². The molecule has 4 rings (SSSR count). The van der Waals surface area contributed by atoms with Crippen LogP contribution in [0.5, 0.6) is 0 Å². The number of nitrogens with one attached hydrogen (secondary N) is 3. The summed E-state index contributed by atoms with van der Waals surface area (Å²) in [6.07, 6.45) is 1.74.